The van der Waals surface area contributed by atoms with Gasteiger partial charge in [-0.25, -0.2) is 0 Å². The minimum Gasteiger partial charge on any atom is -0.354 e. The van der Waals surface area contributed by atoms with Crippen LogP contribution in [0.3, 0.4) is 0 Å². The van der Waals surface area contributed by atoms with Crippen LogP contribution in [0.25, 0.3) is 0 Å². The van der Waals surface area contributed by atoms with Crippen molar-refractivity contribution < 1.29 is 4.79 Å². The maximum Gasteiger partial charge on any atom is 0.223 e. The molecule has 0 aliphatic carbocycles. The Labute approximate surface area is 86.1 Å². The van der Waals surface area contributed by atoms with Crippen molar-refractivity contribution in [3.8, 4) is 0 Å². The van der Waals surface area contributed by atoms with Crippen molar-refractivity contribution in [1.29, 1.82) is 0 Å². The summed E-state index contributed by atoms with van der Waals surface area (Å²) < 4.78 is 0. The van der Waals surface area contributed by atoms with Gasteiger partial charge in [0.1, 0.15) is 0 Å². The van der Waals surface area contributed by atoms with E-state index < -0.39 is 0 Å². The van der Waals surface area contributed by atoms with Crippen LogP contribution in [-0.4, -0.2) is 25.0 Å². The summed E-state index contributed by atoms with van der Waals surface area (Å²) in [5.74, 6) is 0.472. The second-order valence-electron chi connectivity index (χ2n) is 3.69. The molecule has 0 unspecified atom stereocenters. The molecule has 3 nitrogen and oxygen atoms in total. The first-order valence-corrected chi connectivity index (χ1v) is 4.71. The fraction of sp³-hybridized carbons (Fsp3) is 0.889. The number of piperidine rings is 1. The third-order valence-corrected chi connectivity index (χ3v) is 2.14. The molecule has 0 bridgehead atoms. The van der Waals surface area contributed by atoms with Gasteiger partial charge in [-0.2, -0.15) is 0 Å². The van der Waals surface area contributed by atoms with Gasteiger partial charge in [0.05, 0.1) is 0 Å². The highest BCUT2D eigenvalue weighted by Crippen LogP contribution is 2.11. The molecule has 1 saturated heterocycles. The highest BCUT2D eigenvalue weighted by Gasteiger charge is 2.20. The van der Waals surface area contributed by atoms with Gasteiger partial charge in [-0.1, -0.05) is 0 Å². The monoisotopic (exact) mass is 206 g/mol. The van der Waals surface area contributed by atoms with E-state index in [2.05, 4.69) is 10.6 Å². The molecule has 1 aliphatic rings. The second kappa shape index (κ2) is 6.22. The summed E-state index contributed by atoms with van der Waals surface area (Å²) in [5, 5.41) is 6.19. The molecule has 0 radical (unpaired) electrons. The maximum absolute atomic E-state index is 11.5. The maximum atomic E-state index is 11.5. The minimum atomic E-state index is 0. The lowest BCUT2D eigenvalue weighted by atomic mass is 9.97. The van der Waals surface area contributed by atoms with Crippen LogP contribution >= 0.6 is 12.4 Å². The third-order valence-electron chi connectivity index (χ3n) is 2.14. The van der Waals surface area contributed by atoms with E-state index in [0.29, 0.717) is 0 Å². The molecule has 1 aliphatic heterocycles. The van der Waals surface area contributed by atoms with Gasteiger partial charge >= 0.3 is 0 Å². The number of hydrogen-bond acceptors (Lipinski definition) is 2. The summed E-state index contributed by atoms with van der Waals surface area (Å²) in [6, 6.07) is 0.271. The summed E-state index contributed by atoms with van der Waals surface area (Å²) >= 11 is 0. The lowest BCUT2D eigenvalue weighted by molar-refractivity contribution is -0.126. The molecule has 0 aromatic carbocycles. The number of carbonyl (C=O) groups excluding carboxylic acids is 1. The van der Waals surface area contributed by atoms with E-state index in [9.17, 15) is 4.79 Å². The Morgan fingerprint density at radius 3 is 2.38 bits per heavy atom. The Bertz CT molecular complexity index is 156. The van der Waals surface area contributed by atoms with Gasteiger partial charge in [0.15, 0.2) is 0 Å². The standard InChI is InChI=1S/C9H18N2O.ClH/c1-7(2)11-9(12)8-3-5-10-6-4-8;/h7-8,10H,3-6H2,1-2H3,(H,11,12);1H. The third kappa shape index (κ3) is 4.48. The zero-order valence-electron chi connectivity index (χ0n) is 8.30. The van der Waals surface area contributed by atoms with Crippen molar-refractivity contribution in [3.05, 3.63) is 0 Å². The first-order valence-electron chi connectivity index (χ1n) is 4.71. The quantitative estimate of drug-likeness (QED) is 0.706. The number of nitrogens with one attached hydrogen (secondary N) is 2. The van der Waals surface area contributed by atoms with Gasteiger partial charge in [-0.3, -0.25) is 4.79 Å². The zero-order valence-corrected chi connectivity index (χ0v) is 9.12. The minimum absolute atomic E-state index is 0. The largest absolute Gasteiger partial charge is 0.354 e. The summed E-state index contributed by atoms with van der Waals surface area (Å²) in [7, 11) is 0. The molecular weight excluding hydrogens is 188 g/mol. The van der Waals surface area contributed by atoms with E-state index in [4.69, 9.17) is 0 Å². The van der Waals surface area contributed by atoms with Crippen LogP contribution in [0.4, 0.5) is 0 Å². The van der Waals surface area contributed by atoms with Gasteiger partial charge in [-0.15, -0.1) is 12.4 Å². The number of amides is 1. The Kier molecular flexibility index (Phi) is 6.08. The number of rotatable bonds is 2. The average Bonchev–Trinajstić information content (AvgIpc) is 2.05. The number of halogens is 1. The predicted molar refractivity (Wildman–Crippen MR) is 56.1 cm³/mol. The lowest BCUT2D eigenvalue weighted by Crippen LogP contribution is -2.40. The van der Waals surface area contributed by atoms with Gasteiger partial charge in [0, 0.05) is 12.0 Å². The lowest BCUT2D eigenvalue weighted by Gasteiger charge is -2.22. The van der Waals surface area contributed by atoms with Crippen molar-refractivity contribution in [1.82, 2.24) is 10.6 Å². The predicted octanol–water partition coefficient (Wildman–Crippen LogP) is 0.932. The molecule has 78 valence electrons. The van der Waals surface area contributed by atoms with Crippen LogP contribution in [0.1, 0.15) is 26.7 Å². The topological polar surface area (TPSA) is 41.1 Å². The van der Waals surface area contributed by atoms with E-state index >= 15 is 0 Å². The number of carbonyl (C=O) groups is 1. The van der Waals surface area contributed by atoms with E-state index in [1.54, 1.807) is 0 Å². The van der Waals surface area contributed by atoms with Crippen LogP contribution in [0.5, 0.6) is 0 Å². The Hall–Kier alpha value is -0.280. The van der Waals surface area contributed by atoms with Crippen LogP contribution in [0.2, 0.25) is 0 Å². The molecule has 0 atom stereocenters. The molecule has 1 rings (SSSR count). The van der Waals surface area contributed by atoms with Crippen LogP contribution in [0.15, 0.2) is 0 Å². The second-order valence-corrected chi connectivity index (χ2v) is 3.69. The molecule has 1 fully saturated rings. The Morgan fingerprint density at radius 1 is 1.38 bits per heavy atom. The van der Waals surface area contributed by atoms with Crippen LogP contribution < -0.4 is 10.6 Å². The Balaban J connectivity index is 0.00000144. The molecule has 0 aromatic rings. The molecule has 0 aromatic heterocycles. The van der Waals surface area contributed by atoms with E-state index in [-0.39, 0.29) is 30.3 Å². The first-order chi connectivity index (χ1) is 5.70. The molecule has 13 heavy (non-hydrogen) atoms. The van der Waals surface area contributed by atoms with Gasteiger partial charge in [0.2, 0.25) is 5.91 Å². The molecular formula is C9H19ClN2O. The highest BCUT2D eigenvalue weighted by atomic mass is 35.5. The van der Waals surface area contributed by atoms with E-state index in [1.807, 2.05) is 13.8 Å². The van der Waals surface area contributed by atoms with Gasteiger partial charge in [0.25, 0.3) is 0 Å². The van der Waals surface area contributed by atoms with E-state index in [1.165, 1.54) is 0 Å². The fourth-order valence-electron chi connectivity index (χ4n) is 1.49. The fourth-order valence-corrected chi connectivity index (χ4v) is 1.49. The molecule has 1 amide bonds. The van der Waals surface area contributed by atoms with Crippen molar-refractivity contribution in [2.75, 3.05) is 13.1 Å². The van der Waals surface area contributed by atoms with Crippen molar-refractivity contribution in [2.45, 2.75) is 32.7 Å². The zero-order chi connectivity index (χ0) is 8.97. The summed E-state index contributed by atoms with van der Waals surface area (Å²) in [4.78, 5) is 11.5. The smallest absolute Gasteiger partial charge is 0.223 e. The molecule has 0 saturated carbocycles. The molecule has 1 heterocycles. The Morgan fingerprint density at radius 2 is 1.92 bits per heavy atom. The van der Waals surface area contributed by atoms with Gasteiger partial charge in [-0.05, 0) is 39.8 Å². The molecule has 4 heteroatoms. The normalized spacial score (nSPS) is 18.1. The van der Waals surface area contributed by atoms with E-state index in [0.717, 1.165) is 25.9 Å². The molecule has 2 N–H and O–H groups in total. The number of hydrogen-bond donors (Lipinski definition) is 2. The first kappa shape index (κ1) is 12.7. The average molecular weight is 207 g/mol. The SMILES string of the molecule is CC(C)NC(=O)C1CCNCC1.Cl. The van der Waals surface area contributed by atoms with Crippen LogP contribution in [-0.2, 0) is 4.79 Å². The van der Waals surface area contributed by atoms with Gasteiger partial charge < -0.3 is 10.6 Å². The summed E-state index contributed by atoms with van der Waals surface area (Å²) in [6.45, 7) is 5.96. The van der Waals surface area contributed by atoms with Crippen molar-refractivity contribution >= 4 is 18.3 Å². The summed E-state index contributed by atoms with van der Waals surface area (Å²) in [6.07, 6.45) is 1.97. The molecule has 0 spiro atoms. The highest BCUT2D eigenvalue weighted by molar-refractivity contribution is 5.85. The van der Waals surface area contributed by atoms with Crippen LogP contribution in [0, 0.1) is 5.92 Å². The summed E-state index contributed by atoms with van der Waals surface area (Å²) in [5.41, 5.74) is 0. The van der Waals surface area contributed by atoms with Crippen molar-refractivity contribution in [3.63, 3.8) is 0 Å². The van der Waals surface area contributed by atoms with Crippen molar-refractivity contribution in [2.24, 2.45) is 5.92 Å².